The lowest BCUT2D eigenvalue weighted by molar-refractivity contribution is -0.870. The van der Waals surface area contributed by atoms with Crippen molar-refractivity contribution in [3.63, 3.8) is 0 Å². The molecule has 9 heteroatoms. The van der Waals surface area contributed by atoms with Gasteiger partial charge in [0.1, 0.15) is 13.2 Å². The van der Waals surface area contributed by atoms with Crippen LogP contribution in [-0.4, -0.2) is 73.4 Å². The lowest BCUT2D eigenvalue weighted by atomic mass is 10.0. The summed E-state index contributed by atoms with van der Waals surface area (Å²) in [5.74, 6) is -0.201. The molecular weight excluding hydrogens is 888 g/mol. The van der Waals surface area contributed by atoms with Gasteiger partial charge in [-0.3, -0.25) is 13.8 Å². The van der Waals surface area contributed by atoms with E-state index in [1.807, 2.05) is 27.2 Å². The Balaban J connectivity index is 4.31. The number of likely N-dealkylation sites (N-methyl/N-ethyl adjacent to an activating group) is 1. The molecule has 8 nitrogen and oxygen atoms in total. The lowest BCUT2D eigenvalue weighted by Crippen LogP contribution is -2.45. The summed E-state index contributed by atoms with van der Waals surface area (Å²) in [6.45, 7) is 4.68. The summed E-state index contributed by atoms with van der Waals surface area (Å²) in [5.41, 5.74) is 0. The maximum absolute atomic E-state index is 13.0. The minimum atomic E-state index is -4.37. The smallest absolute Gasteiger partial charge is 0.387 e. The molecule has 0 aliphatic rings. The summed E-state index contributed by atoms with van der Waals surface area (Å²) in [5, 5.41) is 13.9. The summed E-state index contributed by atoms with van der Waals surface area (Å²) in [7, 11) is 1.53. The molecule has 0 saturated heterocycles. The Bertz CT molecular complexity index is 1410. The van der Waals surface area contributed by atoms with Crippen molar-refractivity contribution < 1.29 is 32.9 Å². The number of phosphoric ester groups is 1. The number of hydrogen-bond acceptors (Lipinski definition) is 5. The average Bonchev–Trinajstić information content (AvgIpc) is 3.32. The molecule has 406 valence electrons. The van der Waals surface area contributed by atoms with E-state index in [4.69, 9.17) is 9.05 Å². The Morgan fingerprint density at radius 3 is 1.31 bits per heavy atom. The quantitative estimate of drug-likeness (QED) is 0.0243. The number of allylic oxidation sites excluding steroid dienone is 13. The molecule has 0 saturated carbocycles. The van der Waals surface area contributed by atoms with E-state index >= 15 is 0 Å². The fourth-order valence-corrected chi connectivity index (χ4v) is 8.80. The van der Waals surface area contributed by atoms with Crippen LogP contribution in [-0.2, 0) is 18.4 Å². The Hall–Kier alpha value is -2.32. The number of carbonyl (C=O) groups excluding carboxylic acids is 1. The number of quaternary nitrogens is 1. The second-order valence-electron chi connectivity index (χ2n) is 20.6. The van der Waals surface area contributed by atoms with Gasteiger partial charge >= 0.3 is 7.82 Å². The summed E-state index contributed by atoms with van der Waals surface area (Å²) in [6.07, 6.45) is 72.6. The number of aliphatic hydroxyl groups is 1. The summed E-state index contributed by atoms with van der Waals surface area (Å²) in [6, 6.07) is -0.880. The number of rotatable bonds is 52. The minimum absolute atomic E-state index is 0.0478. The Kier molecular flexibility index (Phi) is 49.9. The van der Waals surface area contributed by atoms with E-state index in [2.05, 4.69) is 92.1 Å². The molecule has 0 aromatic rings. The molecule has 3 N–H and O–H groups in total. The molecule has 3 atom stereocenters. The van der Waals surface area contributed by atoms with Crippen molar-refractivity contribution in [3.8, 4) is 0 Å². The third kappa shape index (κ3) is 53.5. The number of amides is 1. The van der Waals surface area contributed by atoms with Crippen LogP contribution in [0.1, 0.15) is 245 Å². The molecule has 0 bridgehead atoms. The fraction of sp³-hybridized carbons (Fsp3) is 0.754. The number of nitrogens with one attached hydrogen (secondary N) is 1. The third-order valence-corrected chi connectivity index (χ3v) is 13.6. The first-order chi connectivity index (χ1) is 34.0. The number of nitrogens with zero attached hydrogens (tertiary/aromatic N) is 1. The fourth-order valence-electron chi connectivity index (χ4n) is 8.07. The minimum Gasteiger partial charge on any atom is -0.387 e. The maximum atomic E-state index is 13.0. The molecule has 70 heavy (non-hydrogen) atoms. The van der Waals surface area contributed by atoms with Crippen LogP contribution in [0.3, 0.4) is 0 Å². The second kappa shape index (κ2) is 51.6. The SMILES string of the molecule is CC/C=C\C/C=C\C/C=C\C/C=C\CCCCCCCCCCC(=O)NC(COP(=O)(O)OCC[N+](C)(C)C)C(O)/C=C/CC/C=C/CC/C=C/CCCCCCCCCCCCCCCCCCC. The first-order valence-electron chi connectivity index (χ1n) is 29.0. The molecule has 0 aliphatic heterocycles. The molecule has 3 unspecified atom stereocenters. The van der Waals surface area contributed by atoms with Gasteiger partial charge in [0.15, 0.2) is 0 Å². The van der Waals surface area contributed by atoms with Crippen LogP contribution in [0.4, 0.5) is 0 Å². The average molecular weight is 1000 g/mol. The van der Waals surface area contributed by atoms with E-state index in [0.29, 0.717) is 17.4 Å². The highest BCUT2D eigenvalue weighted by atomic mass is 31.2. The van der Waals surface area contributed by atoms with Crippen molar-refractivity contribution in [2.24, 2.45) is 0 Å². The van der Waals surface area contributed by atoms with Crippen LogP contribution in [0.15, 0.2) is 85.1 Å². The van der Waals surface area contributed by atoms with Crippen LogP contribution in [0.2, 0.25) is 0 Å². The Morgan fingerprint density at radius 1 is 0.500 bits per heavy atom. The van der Waals surface area contributed by atoms with Gasteiger partial charge in [-0.05, 0) is 83.5 Å². The predicted molar refractivity (Wildman–Crippen MR) is 304 cm³/mol. The van der Waals surface area contributed by atoms with Gasteiger partial charge in [0.05, 0.1) is 39.9 Å². The highest BCUT2D eigenvalue weighted by Crippen LogP contribution is 2.43. The molecular formula is C61H112N2O6P+. The normalized spacial score (nSPS) is 14.6. The third-order valence-electron chi connectivity index (χ3n) is 12.6. The zero-order valence-electron chi connectivity index (χ0n) is 46.2. The van der Waals surface area contributed by atoms with Crippen molar-refractivity contribution in [2.75, 3.05) is 40.9 Å². The van der Waals surface area contributed by atoms with E-state index in [0.717, 1.165) is 83.5 Å². The molecule has 0 rings (SSSR count). The molecule has 0 aromatic heterocycles. The zero-order valence-corrected chi connectivity index (χ0v) is 47.1. The van der Waals surface area contributed by atoms with E-state index in [9.17, 15) is 19.4 Å². The molecule has 1 amide bonds. The second-order valence-corrected chi connectivity index (χ2v) is 22.1. The molecule has 0 radical (unpaired) electrons. The number of phosphoric acid groups is 1. The zero-order chi connectivity index (χ0) is 51.3. The van der Waals surface area contributed by atoms with Gasteiger partial charge in [0.25, 0.3) is 0 Å². The van der Waals surface area contributed by atoms with E-state index < -0.39 is 20.0 Å². The van der Waals surface area contributed by atoms with Gasteiger partial charge in [-0.1, -0.05) is 240 Å². The van der Waals surface area contributed by atoms with Crippen LogP contribution >= 0.6 is 7.82 Å². The molecule has 0 spiro atoms. The van der Waals surface area contributed by atoms with Gasteiger partial charge in [-0.25, -0.2) is 4.57 Å². The van der Waals surface area contributed by atoms with Crippen molar-refractivity contribution in [1.29, 1.82) is 0 Å². The first kappa shape index (κ1) is 67.7. The summed E-state index contributed by atoms with van der Waals surface area (Å²) < 4.78 is 23.7. The van der Waals surface area contributed by atoms with Gasteiger partial charge in [-0.2, -0.15) is 0 Å². The van der Waals surface area contributed by atoms with Gasteiger partial charge in [-0.15, -0.1) is 0 Å². The van der Waals surface area contributed by atoms with Crippen molar-refractivity contribution >= 4 is 13.7 Å². The first-order valence-corrected chi connectivity index (χ1v) is 30.5. The van der Waals surface area contributed by atoms with Crippen LogP contribution in [0, 0.1) is 0 Å². The summed E-state index contributed by atoms with van der Waals surface area (Å²) >= 11 is 0. The number of carbonyl (C=O) groups is 1. The molecule has 0 aromatic carbocycles. The standard InChI is InChI=1S/C61H111N2O6P/c1-6-8-10-12-14-16-18-20-22-24-26-28-29-30-31-32-33-35-36-38-40-42-44-46-48-50-52-54-60(64)59(58-69-70(66,67)68-57-56-63(3,4)5)62-61(65)55-53-51-49-47-45-43-41-39-37-34-27-25-23-21-19-17-15-13-11-9-7-2/h9,11,15,17,21,23,27,34,36,38,44,46,52,54,59-60,64H,6-8,10,12-14,16,18-20,22,24-26,28-33,35,37,39-43,45,47-51,53,55-58H2,1-5H3,(H-,62,65,66,67)/p+1/b11-9-,17-15-,23-21-,34-27-,38-36+,46-44+,54-52+. The molecule has 0 heterocycles. The van der Waals surface area contributed by atoms with E-state index in [1.54, 1.807) is 6.08 Å². The van der Waals surface area contributed by atoms with E-state index in [-0.39, 0.29) is 19.1 Å². The highest BCUT2D eigenvalue weighted by Gasteiger charge is 2.27. The Morgan fingerprint density at radius 2 is 0.871 bits per heavy atom. The monoisotopic (exact) mass is 1000 g/mol. The van der Waals surface area contributed by atoms with Crippen LogP contribution in [0.5, 0.6) is 0 Å². The number of aliphatic hydroxyl groups excluding tert-OH is 1. The van der Waals surface area contributed by atoms with Gasteiger partial charge < -0.3 is 19.8 Å². The largest absolute Gasteiger partial charge is 0.472 e. The van der Waals surface area contributed by atoms with Crippen molar-refractivity contribution in [1.82, 2.24) is 5.32 Å². The van der Waals surface area contributed by atoms with Gasteiger partial charge in [0.2, 0.25) is 5.91 Å². The Labute approximate surface area is 433 Å². The predicted octanol–water partition coefficient (Wildman–Crippen LogP) is 17.6. The number of hydrogen-bond donors (Lipinski definition) is 3. The lowest BCUT2D eigenvalue weighted by Gasteiger charge is -2.25. The summed E-state index contributed by atoms with van der Waals surface area (Å²) in [4.78, 5) is 23.3. The molecule has 0 aliphatic carbocycles. The molecule has 0 fully saturated rings. The number of unbranched alkanes of at least 4 members (excludes halogenated alkanes) is 27. The van der Waals surface area contributed by atoms with Crippen molar-refractivity contribution in [2.45, 2.75) is 257 Å². The highest BCUT2D eigenvalue weighted by molar-refractivity contribution is 7.47. The van der Waals surface area contributed by atoms with Crippen LogP contribution < -0.4 is 5.32 Å². The van der Waals surface area contributed by atoms with E-state index in [1.165, 1.54) is 141 Å². The van der Waals surface area contributed by atoms with Crippen LogP contribution in [0.25, 0.3) is 0 Å². The van der Waals surface area contributed by atoms with Gasteiger partial charge in [0, 0.05) is 6.42 Å². The van der Waals surface area contributed by atoms with Crippen molar-refractivity contribution in [3.05, 3.63) is 85.1 Å². The topological polar surface area (TPSA) is 105 Å². The maximum Gasteiger partial charge on any atom is 0.472 e.